The van der Waals surface area contributed by atoms with Crippen LogP contribution in [0, 0.1) is 0 Å². The molecular weight excluding hydrogens is 182 g/mol. The fourth-order valence-corrected chi connectivity index (χ4v) is 1.10. The highest BCUT2D eigenvalue weighted by atomic mass is 16.5. The molecule has 1 aromatic carbocycles. The lowest BCUT2D eigenvalue weighted by Gasteiger charge is -2.00. The van der Waals surface area contributed by atoms with Crippen molar-refractivity contribution in [3.05, 3.63) is 24.6 Å². The second-order valence-corrected chi connectivity index (χ2v) is 2.81. The Kier molecular flexibility index (Phi) is 2.18. The zero-order chi connectivity index (χ0) is 9.97. The molecule has 1 heterocycles. The van der Waals surface area contributed by atoms with Crippen molar-refractivity contribution in [3.8, 4) is 5.75 Å². The third kappa shape index (κ3) is 1.59. The average Bonchev–Trinajstić information content (AvgIpc) is 2.64. The monoisotopic (exact) mass is 191 g/mol. The molecule has 0 aliphatic rings. The lowest BCUT2D eigenvalue weighted by molar-refractivity contribution is -0.134. The molecule has 2 aromatic rings. The minimum absolute atomic E-state index is 0.257. The zero-order valence-electron chi connectivity index (χ0n) is 7.69. The first kappa shape index (κ1) is 8.74. The fraction of sp³-hybridized carbons (Fsp3) is 0.200. The molecule has 0 spiro atoms. The molecule has 2 rings (SSSR count). The second-order valence-electron chi connectivity index (χ2n) is 2.81. The summed E-state index contributed by atoms with van der Waals surface area (Å²) >= 11 is 0. The molecule has 0 aliphatic heterocycles. The van der Waals surface area contributed by atoms with Crippen molar-refractivity contribution >= 4 is 17.1 Å². The van der Waals surface area contributed by atoms with Gasteiger partial charge in [-0.15, -0.1) is 0 Å². The minimum atomic E-state index is -0.257. The molecule has 0 bridgehead atoms. The number of benzene rings is 1. The van der Waals surface area contributed by atoms with Gasteiger partial charge in [0.1, 0.15) is 11.3 Å². The Morgan fingerprint density at radius 2 is 2.43 bits per heavy atom. The summed E-state index contributed by atoms with van der Waals surface area (Å²) in [5.41, 5.74) is 1.37. The van der Waals surface area contributed by atoms with E-state index in [2.05, 4.69) is 4.98 Å². The number of esters is 1. The number of fused-ring (bicyclic) bond motifs is 1. The van der Waals surface area contributed by atoms with Gasteiger partial charge in [0.05, 0.1) is 0 Å². The Hall–Kier alpha value is -1.84. The van der Waals surface area contributed by atoms with Crippen molar-refractivity contribution in [3.63, 3.8) is 0 Å². The van der Waals surface area contributed by atoms with Crippen LogP contribution in [0.2, 0.25) is 0 Å². The molecule has 0 atom stereocenters. The molecule has 14 heavy (non-hydrogen) atoms. The van der Waals surface area contributed by atoms with Crippen LogP contribution < -0.4 is 4.74 Å². The van der Waals surface area contributed by atoms with Crippen molar-refractivity contribution in [1.82, 2.24) is 4.98 Å². The lowest BCUT2D eigenvalue weighted by atomic mass is 10.3. The van der Waals surface area contributed by atoms with Gasteiger partial charge in [-0.1, -0.05) is 6.92 Å². The van der Waals surface area contributed by atoms with Crippen molar-refractivity contribution in [2.24, 2.45) is 0 Å². The standard InChI is InChI=1S/C10H9NO3/c1-2-10(12)14-7-3-4-9-8(5-7)11-6-13-9/h3-6H,2H2,1H3. The fourth-order valence-electron chi connectivity index (χ4n) is 1.10. The number of oxazole rings is 1. The predicted molar refractivity (Wildman–Crippen MR) is 49.9 cm³/mol. The largest absolute Gasteiger partial charge is 0.443 e. The average molecular weight is 191 g/mol. The molecule has 0 unspecified atom stereocenters. The van der Waals surface area contributed by atoms with Gasteiger partial charge in [-0.2, -0.15) is 0 Å². The Morgan fingerprint density at radius 3 is 3.21 bits per heavy atom. The zero-order valence-corrected chi connectivity index (χ0v) is 7.69. The van der Waals surface area contributed by atoms with Gasteiger partial charge in [0, 0.05) is 12.5 Å². The van der Waals surface area contributed by atoms with Gasteiger partial charge in [0.2, 0.25) is 0 Å². The van der Waals surface area contributed by atoms with Crippen LogP contribution in [0.5, 0.6) is 5.75 Å². The maximum absolute atomic E-state index is 11.0. The molecule has 72 valence electrons. The van der Waals surface area contributed by atoms with Crippen LogP contribution in [0.25, 0.3) is 11.1 Å². The van der Waals surface area contributed by atoms with Crippen LogP contribution in [0.3, 0.4) is 0 Å². The van der Waals surface area contributed by atoms with E-state index in [9.17, 15) is 4.79 Å². The smallest absolute Gasteiger partial charge is 0.310 e. The summed E-state index contributed by atoms with van der Waals surface area (Å²) in [7, 11) is 0. The van der Waals surface area contributed by atoms with Gasteiger partial charge in [-0.3, -0.25) is 4.79 Å². The van der Waals surface area contributed by atoms with E-state index in [0.29, 0.717) is 23.3 Å². The predicted octanol–water partition coefficient (Wildman–Crippen LogP) is 2.14. The minimum Gasteiger partial charge on any atom is -0.443 e. The van der Waals surface area contributed by atoms with Crippen molar-refractivity contribution in [1.29, 1.82) is 0 Å². The lowest BCUT2D eigenvalue weighted by Crippen LogP contribution is -2.05. The number of aromatic nitrogens is 1. The molecule has 1 aromatic heterocycles. The molecule has 0 amide bonds. The molecule has 0 saturated carbocycles. The van der Waals surface area contributed by atoms with E-state index in [4.69, 9.17) is 9.15 Å². The second kappa shape index (κ2) is 3.49. The van der Waals surface area contributed by atoms with Crippen molar-refractivity contribution in [2.45, 2.75) is 13.3 Å². The van der Waals surface area contributed by atoms with Crippen molar-refractivity contribution in [2.75, 3.05) is 0 Å². The number of hydrogen-bond acceptors (Lipinski definition) is 4. The van der Waals surface area contributed by atoms with E-state index in [1.54, 1.807) is 25.1 Å². The molecule has 4 heteroatoms. The van der Waals surface area contributed by atoms with E-state index >= 15 is 0 Å². The molecule has 0 N–H and O–H groups in total. The van der Waals surface area contributed by atoms with Crippen LogP contribution in [0.4, 0.5) is 0 Å². The topological polar surface area (TPSA) is 52.3 Å². The number of carbonyl (C=O) groups is 1. The summed E-state index contributed by atoms with van der Waals surface area (Å²) in [5, 5.41) is 0. The van der Waals surface area contributed by atoms with Gasteiger partial charge >= 0.3 is 5.97 Å². The Labute approximate surface area is 80.5 Å². The van der Waals surface area contributed by atoms with Crippen molar-refractivity contribution < 1.29 is 13.9 Å². The summed E-state index contributed by atoms with van der Waals surface area (Å²) in [6, 6.07) is 5.08. The van der Waals surface area contributed by atoms with Crippen LogP contribution in [-0.4, -0.2) is 11.0 Å². The Morgan fingerprint density at radius 1 is 1.57 bits per heavy atom. The van der Waals surface area contributed by atoms with E-state index in [0.717, 1.165) is 0 Å². The SMILES string of the molecule is CCC(=O)Oc1ccc2ocnc2c1. The number of hydrogen-bond donors (Lipinski definition) is 0. The molecule has 0 fully saturated rings. The van der Waals surface area contributed by atoms with Crippen LogP contribution in [0.15, 0.2) is 29.0 Å². The third-order valence-corrected chi connectivity index (χ3v) is 1.82. The first-order valence-electron chi connectivity index (χ1n) is 4.33. The molecule has 0 aliphatic carbocycles. The quantitative estimate of drug-likeness (QED) is 0.539. The van der Waals surface area contributed by atoms with E-state index in [1.165, 1.54) is 6.39 Å². The summed E-state index contributed by atoms with van der Waals surface area (Å²) in [4.78, 5) is 14.9. The Bertz CT molecular complexity index is 461. The van der Waals surface area contributed by atoms with E-state index in [-0.39, 0.29) is 5.97 Å². The molecule has 0 saturated heterocycles. The summed E-state index contributed by atoms with van der Waals surface area (Å²) in [6.07, 6.45) is 1.72. The summed E-state index contributed by atoms with van der Waals surface area (Å²) in [5.74, 6) is 0.242. The maximum atomic E-state index is 11.0. The number of carbonyl (C=O) groups excluding carboxylic acids is 1. The highest BCUT2D eigenvalue weighted by Crippen LogP contribution is 2.19. The van der Waals surface area contributed by atoms with Gasteiger partial charge in [0.15, 0.2) is 12.0 Å². The number of rotatable bonds is 2. The van der Waals surface area contributed by atoms with Gasteiger partial charge in [-0.05, 0) is 12.1 Å². The molecule has 4 nitrogen and oxygen atoms in total. The highest BCUT2D eigenvalue weighted by molar-refractivity contribution is 5.77. The van der Waals surface area contributed by atoms with Gasteiger partial charge < -0.3 is 9.15 Å². The molecular formula is C10H9NO3. The number of ether oxygens (including phenoxy) is 1. The van der Waals surface area contributed by atoms with E-state index < -0.39 is 0 Å². The third-order valence-electron chi connectivity index (χ3n) is 1.82. The van der Waals surface area contributed by atoms with Crippen LogP contribution >= 0.6 is 0 Å². The number of nitrogens with zero attached hydrogens (tertiary/aromatic N) is 1. The highest BCUT2D eigenvalue weighted by Gasteiger charge is 2.04. The normalized spacial score (nSPS) is 10.4. The van der Waals surface area contributed by atoms with E-state index in [1.807, 2.05) is 0 Å². The van der Waals surface area contributed by atoms with Crippen LogP contribution in [0.1, 0.15) is 13.3 Å². The van der Waals surface area contributed by atoms with Gasteiger partial charge in [-0.25, -0.2) is 4.98 Å². The van der Waals surface area contributed by atoms with Crippen LogP contribution in [-0.2, 0) is 4.79 Å². The maximum Gasteiger partial charge on any atom is 0.310 e. The first-order valence-corrected chi connectivity index (χ1v) is 4.33. The Balaban J connectivity index is 2.30. The first-order chi connectivity index (χ1) is 6.79. The molecule has 0 radical (unpaired) electrons. The summed E-state index contributed by atoms with van der Waals surface area (Å²) in [6.45, 7) is 1.75. The van der Waals surface area contributed by atoms with Gasteiger partial charge in [0.25, 0.3) is 0 Å². The summed E-state index contributed by atoms with van der Waals surface area (Å²) < 4.78 is 10.1.